The molecule has 0 bridgehead atoms. The first-order valence-corrected chi connectivity index (χ1v) is 44.2. The predicted octanol–water partition coefficient (Wildman–Crippen LogP) is 17.5. The highest BCUT2D eigenvalue weighted by molar-refractivity contribution is 7.11. The molecule has 0 aliphatic rings. The summed E-state index contributed by atoms with van der Waals surface area (Å²) < 4.78 is 25.4. The Bertz CT molecular complexity index is 6400. The van der Waals surface area contributed by atoms with Crippen molar-refractivity contribution < 1.29 is 8.83 Å². The molecule has 0 fully saturated rings. The molecular formula is C103H71N21O2S6. The molecule has 16 aromatic heterocycles. The Hall–Kier alpha value is -18.0. The molecule has 132 heavy (non-hydrogen) atoms. The van der Waals surface area contributed by atoms with Crippen LogP contribution in [0.15, 0.2) is 368 Å². The van der Waals surface area contributed by atoms with Gasteiger partial charge in [0.2, 0.25) is 17.5 Å². The number of aromatic nitrogens is 21. The summed E-state index contributed by atoms with van der Waals surface area (Å²) in [5.41, 5.74) is 7.08. The molecule has 16 heterocycles. The van der Waals surface area contributed by atoms with Gasteiger partial charge in [0.1, 0.15) is 37.8 Å². The lowest BCUT2D eigenvalue weighted by Crippen LogP contribution is -1.93. The van der Waals surface area contributed by atoms with E-state index < -0.39 is 0 Å². The summed E-state index contributed by atoms with van der Waals surface area (Å²) >= 11 is 9.15. The van der Waals surface area contributed by atoms with Crippen LogP contribution in [0.5, 0.6) is 0 Å². The second-order valence-electron chi connectivity index (χ2n) is 25.0. The quantitative estimate of drug-likeness (QED) is 0.128. The van der Waals surface area contributed by atoms with E-state index >= 15 is 0 Å². The monoisotopic (exact) mass is 1830 g/mol. The zero-order valence-electron chi connectivity index (χ0n) is 70.7. The van der Waals surface area contributed by atoms with Gasteiger partial charge in [-0.2, -0.15) is 8.75 Å². The Morgan fingerprint density at radius 1 is 0.235 bits per heavy atom. The van der Waals surface area contributed by atoms with Gasteiger partial charge in [-0.1, -0.05) is 120 Å². The van der Waals surface area contributed by atoms with Crippen molar-refractivity contribution >= 4 is 68.4 Å². The molecule has 0 spiro atoms. The predicted molar refractivity (Wildman–Crippen MR) is 519 cm³/mol. The summed E-state index contributed by atoms with van der Waals surface area (Å²) in [6.07, 6.45) is 36.7. The summed E-state index contributed by atoms with van der Waals surface area (Å²) in [6, 6.07) is 64.8. The molecule has 29 heteroatoms. The van der Waals surface area contributed by atoms with Crippen LogP contribution in [0, 0.1) is 118 Å². The Labute approximate surface area is 787 Å². The second kappa shape index (κ2) is 56.8. The van der Waals surface area contributed by atoms with Crippen LogP contribution in [0.4, 0.5) is 0 Å². The fraction of sp³-hybridized carbons (Fsp3) is 0.0388. The number of hydrogen-bond donors (Lipinski definition) is 0. The van der Waals surface area contributed by atoms with Gasteiger partial charge >= 0.3 is 0 Å². The van der Waals surface area contributed by atoms with Crippen LogP contribution in [0.1, 0.15) is 110 Å². The molecule has 0 N–H and O–H groups in total. The Balaban J connectivity index is 0.000000142. The normalized spacial score (nSPS) is 9.06. The second-order valence-corrected chi connectivity index (χ2v) is 30.3. The highest BCUT2D eigenvalue weighted by atomic mass is 32.1. The van der Waals surface area contributed by atoms with Gasteiger partial charge in [-0.15, -0.1) is 45.3 Å². The van der Waals surface area contributed by atoms with Crippen LogP contribution in [-0.2, 0) is 28.2 Å². The van der Waals surface area contributed by atoms with Gasteiger partial charge in [-0.05, 0) is 220 Å². The summed E-state index contributed by atoms with van der Waals surface area (Å²) in [6.45, 7) is 0. The lowest BCUT2D eigenvalue weighted by molar-refractivity contribution is 0.538. The Morgan fingerprint density at radius 2 is 0.621 bits per heavy atom. The molecule has 23 nitrogen and oxygen atoms in total. The van der Waals surface area contributed by atoms with Crippen LogP contribution in [0.3, 0.4) is 0 Å². The maximum atomic E-state index is 4.88. The largest absolute Gasteiger partial charge is 0.439 e. The number of nitrogens with zero attached hydrogens (tertiary/aromatic N) is 21. The highest BCUT2D eigenvalue weighted by Crippen LogP contribution is 2.11. The van der Waals surface area contributed by atoms with Gasteiger partial charge in [0, 0.05) is 165 Å². The molecule has 0 aliphatic heterocycles. The van der Waals surface area contributed by atoms with Crippen molar-refractivity contribution in [2.75, 3.05) is 0 Å². The minimum absolute atomic E-state index is 0.355. The van der Waals surface area contributed by atoms with Gasteiger partial charge in [-0.3, -0.25) is 4.98 Å². The molecular weight excluding hydrogens is 1760 g/mol. The third-order valence-corrected chi connectivity index (χ3v) is 19.9. The molecule has 20 aromatic rings. The fourth-order valence-corrected chi connectivity index (χ4v) is 12.3. The molecule has 0 saturated heterocycles. The zero-order chi connectivity index (χ0) is 91.4. The van der Waals surface area contributed by atoms with E-state index in [0.29, 0.717) is 29.3 Å². The third kappa shape index (κ3) is 37.5. The van der Waals surface area contributed by atoms with E-state index in [4.69, 9.17) is 8.83 Å². The number of imidazole rings is 2. The number of thiazole rings is 2. The van der Waals surface area contributed by atoms with Gasteiger partial charge in [0.15, 0.2) is 21.7 Å². The molecule has 0 unspecified atom stereocenters. The molecule has 0 amide bonds. The summed E-state index contributed by atoms with van der Waals surface area (Å²) in [7, 11) is 7.81. The zero-order valence-corrected chi connectivity index (χ0v) is 75.6. The number of thiophene rings is 2. The molecule has 4 aromatic carbocycles. The molecule has 0 aliphatic carbocycles. The standard InChI is InChI=1S/C13H9N.C12H12N2.C12H8N2.C12H8S.C11H7N3.C10H10N4.C9H5N3S.C8H4N2O2.2C8H4N2S2/c1-2-4-12(5-3-1)6-7-13-8-10-14-11-9-13;1-13-9-3-5-11(13)7-8-12-6-4-10-14(12)2;1-2-5-11(6-3-1)7-8-12-13-9-4-10-14-12;1-2-5-11(6-3-1)8-9-12-7-4-10-13-12;1-2-4-10(5-3-1)6-7-11-13-8-12-9-14-11;1-13-7-5-11-9(13)3-4-10-12-6-8-14(10)2;1-2-8(13-5-1)3-4-9-11-6-10-7-12-9;2*1(7-9-3-5-11-7)2-8-10-4-6-12-8;1(7-3-5-9-11-7)2-8-4-6-10-12-8/h1-5,8-11H;3-6,9-10H,1-2H3;1-6,9-10H;1-7,10H;1-5,8-9H;5-8H,1-2H3;1-2,5-7H;3*3-6H. The lowest BCUT2D eigenvalue weighted by atomic mass is 10.2. The molecule has 0 radical (unpaired) electrons. The minimum atomic E-state index is 0.355. The molecule has 0 atom stereocenters. The van der Waals surface area contributed by atoms with E-state index in [1.165, 1.54) is 96.0 Å². The van der Waals surface area contributed by atoms with Crippen LogP contribution in [0.25, 0.3) is 0 Å². The van der Waals surface area contributed by atoms with Gasteiger partial charge in [0.25, 0.3) is 11.8 Å². The van der Waals surface area contributed by atoms with Crippen molar-refractivity contribution in [2.45, 2.75) is 0 Å². The first-order chi connectivity index (χ1) is 65.1. The van der Waals surface area contributed by atoms with E-state index in [9.17, 15) is 0 Å². The number of rotatable bonds is 0. The lowest BCUT2D eigenvalue weighted by Gasteiger charge is -1.93. The molecule has 20 rings (SSSR count). The van der Waals surface area contributed by atoms with E-state index in [1.807, 2.05) is 287 Å². The maximum absolute atomic E-state index is 4.88. The van der Waals surface area contributed by atoms with Crippen LogP contribution in [-0.4, -0.2) is 102 Å². The SMILES string of the molecule is C(#Cc1cccs1)c1ccccc1.C(#Cc1cccs1)c1ncncn1.C(#Cc1ccncc1)c1ccccc1.C(#Cc1ccns1)c1ccns1.C(#Cc1ncccn1)c1ccccc1.C(#Cc1ncco1)c1ncco1.C(#Cc1nccs1)c1nccs1.C(#Cc1ncncn1)c1ccccc1.Cn1cccc1C#Cc1cccn1C.Cn1ccnc1C#Cc1nccn1C. The number of hydrogen-bond acceptors (Lipinski definition) is 25. The third-order valence-electron chi connectivity index (χ3n) is 15.6. The molecule has 636 valence electrons. The summed E-state index contributed by atoms with van der Waals surface area (Å²) in [5, 5.41) is 9.51. The van der Waals surface area contributed by atoms with Crippen LogP contribution >= 0.6 is 68.4 Å². The summed E-state index contributed by atoms with van der Waals surface area (Å²) in [5.74, 6) is 62.9. The van der Waals surface area contributed by atoms with Crippen molar-refractivity contribution in [2.24, 2.45) is 28.2 Å². The topological polar surface area (TPSA) is 265 Å². The van der Waals surface area contributed by atoms with Crippen molar-refractivity contribution in [3.63, 3.8) is 0 Å². The average Bonchev–Trinajstić information content (AvgIpc) is 1.76. The van der Waals surface area contributed by atoms with E-state index in [2.05, 4.69) is 202 Å². The van der Waals surface area contributed by atoms with Crippen molar-refractivity contribution in [3.05, 3.63) is 468 Å². The minimum Gasteiger partial charge on any atom is -0.439 e. The Kier molecular flexibility index (Phi) is 40.8. The average molecular weight is 1830 g/mol. The summed E-state index contributed by atoms with van der Waals surface area (Å²) in [4.78, 5) is 62.9. The maximum Gasteiger partial charge on any atom is 0.273 e. The highest BCUT2D eigenvalue weighted by Gasteiger charge is 2.00. The smallest absolute Gasteiger partial charge is 0.273 e. The van der Waals surface area contributed by atoms with E-state index in [-0.39, 0.29) is 0 Å². The van der Waals surface area contributed by atoms with Crippen molar-refractivity contribution in [1.29, 1.82) is 0 Å². The van der Waals surface area contributed by atoms with Gasteiger partial charge < -0.3 is 27.1 Å². The first kappa shape index (κ1) is 94.7. The van der Waals surface area contributed by atoms with Crippen molar-refractivity contribution in [3.8, 4) is 118 Å². The van der Waals surface area contributed by atoms with Gasteiger partial charge in [0.05, 0.1) is 43.3 Å². The number of pyridine rings is 1. The van der Waals surface area contributed by atoms with E-state index in [0.717, 1.165) is 80.4 Å². The van der Waals surface area contributed by atoms with Crippen molar-refractivity contribution in [1.82, 2.24) is 102 Å². The molecule has 0 saturated carbocycles. The number of oxazole rings is 2. The fourth-order valence-electron chi connectivity index (χ4n) is 9.28. The number of aryl methyl sites for hydroxylation is 4. The van der Waals surface area contributed by atoms with E-state index in [1.54, 1.807) is 90.7 Å². The van der Waals surface area contributed by atoms with Crippen LogP contribution < -0.4 is 0 Å². The van der Waals surface area contributed by atoms with Gasteiger partial charge in [-0.25, -0.2) is 69.8 Å². The first-order valence-electron chi connectivity index (χ1n) is 39.1. The van der Waals surface area contributed by atoms with Crippen LogP contribution in [0.2, 0.25) is 0 Å². The Morgan fingerprint density at radius 3 is 0.970 bits per heavy atom. The number of benzene rings is 4.